The van der Waals surface area contributed by atoms with Gasteiger partial charge in [-0.15, -0.1) is 0 Å². The van der Waals surface area contributed by atoms with E-state index in [9.17, 15) is 8.42 Å². The van der Waals surface area contributed by atoms with Gasteiger partial charge in [-0.2, -0.15) is 4.31 Å². The van der Waals surface area contributed by atoms with Crippen LogP contribution in [0, 0.1) is 5.82 Å². The molecular formula is C21H30FN7O2S. The van der Waals surface area contributed by atoms with Crippen molar-refractivity contribution in [2.45, 2.75) is 75.8 Å². The second-order valence-corrected chi connectivity index (χ2v) is 11.2. The van der Waals surface area contributed by atoms with Gasteiger partial charge in [-0.05, 0) is 51.2 Å². The first-order chi connectivity index (χ1) is 15.3. The van der Waals surface area contributed by atoms with Gasteiger partial charge < -0.3 is 10.6 Å². The number of piperidine rings is 2. The molecule has 0 amide bonds. The Kier molecular flexibility index (Phi) is 5.68. The highest BCUT2D eigenvalue weighted by Gasteiger charge is 2.43. The summed E-state index contributed by atoms with van der Waals surface area (Å²) in [6.07, 6.45) is 7.72. The third-order valence-electron chi connectivity index (χ3n) is 6.74. The summed E-state index contributed by atoms with van der Waals surface area (Å²) >= 11 is 0. The van der Waals surface area contributed by atoms with Crippen LogP contribution >= 0.6 is 0 Å². The quantitative estimate of drug-likeness (QED) is 0.534. The van der Waals surface area contributed by atoms with Crippen molar-refractivity contribution in [3.05, 3.63) is 24.1 Å². The van der Waals surface area contributed by atoms with Crippen LogP contribution in [0.15, 0.2) is 18.3 Å². The Labute approximate surface area is 187 Å². The van der Waals surface area contributed by atoms with Crippen LogP contribution < -0.4 is 21.5 Å². The van der Waals surface area contributed by atoms with Gasteiger partial charge >= 0.3 is 0 Å². The Bertz CT molecular complexity index is 1100. The van der Waals surface area contributed by atoms with Crippen molar-refractivity contribution in [3.63, 3.8) is 0 Å². The summed E-state index contributed by atoms with van der Waals surface area (Å²) in [5.74, 6) is 0.254. The lowest BCUT2D eigenvalue weighted by molar-refractivity contribution is 0.116. The minimum atomic E-state index is -3.24. The number of anilines is 2. The highest BCUT2D eigenvalue weighted by Crippen LogP contribution is 2.38. The molecule has 3 fully saturated rings. The summed E-state index contributed by atoms with van der Waals surface area (Å²) in [5.41, 5.74) is 6.49. The zero-order valence-corrected chi connectivity index (χ0v) is 19.1. The van der Waals surface area contributed by atoms with Crippen LogP contribution in [0.5, 0.6) is 0 Å². The smallest absolute Gasteiger partial charge is 0.211 e. The molecule has 3 unspecified atom stereocenters. The number of sulfonamides is 1. The van der Waals surface area contributed by atoms with E-state index in [0.29, 0.717) is 24.0 Å². The second-order valence-electron chi connectivity index (χ2n) is 9.29. The van der Waals surface area contributed by atoms with E-state index in [0.717, 1.165) is 25.7 Å². The highest BCUT2D eigenvalue weighted by atomic mass is 32.2. The lowest BCUT2D eigenvalue weighted by Gasteiger charge is -2.47. The number of rotatable bonds is 5. The largest absolute Gasteiger partial charge is 0.367 e. The average molecular weight is 464 g/mol. The SMILES string of the molecule is CC1CC(Nc2nc(NC3C[C@H]4CCC[C@@H](C3)N4S(C)(=O)=O)c3cccnc3c2F)NN1. The molecule has 0 aromatic carbocycles. The molecule has 32 heavy (non-hydrogen) atoms. The van der Waals surface area contributed by atoms with Crippen LogP contribution in [0.1, 0.15) is 45.4 Å². The number of hydrazine groups is 1. The van der Waals surface area contributed by atoms with E-state index < -0.39 is 15.8 Å². The first-order valence-electron chi connectivity index (χ1n) is 11.3. The zero-order valence-electron chi connectivity index (χ0n) is 18.3. The maximum Gasteiger partial charge on any atom is 0.211 e. The number of nitrogens with one attached hydrogen (secondary N) is 4. The molecule has 5 heterocycles. The van der Waals surface area contributed by atoms with E-state index >= 15 is 4.39 Å². The number of hydrogen-bond donors (Lipinski definition) is 4. The average Bonchev–Trinajstić information content (AvgIpc) is 3.14. The van der Waals surface area contributed by atoms with Crippen LogP contribution in [0.3, 0.4) is 0 Å². The summed E-state index contributed by atoms with van der Waals surface area (Å²) in [6.45, 7) is 2.05. The third-order valence-corrected chi connectivity index (χ3v) is 8.10. The van der Waals surface area contributed by atoms with Crippen LogP contribution in [0.25, 0.3) is 10.9 Å². The third kappa shape index (κ3) is 4.14. The van der Waals surface area contributed by atoms with Crippen molar-refractivity contribution in [1.82, 2.24) is 25.1 Å². The van der Waals surface area contributed by atoms with Crippen molar-refractivity contribution >= 4 is 32.6 Å². The molecule has 0 spiro atoms. The first kappa shape index (κ1) is 21.7. The molecule has 11 heteroatoms. The summed E-state index contributed by atoms with van der Waals surface area (Å²) < 4.78 is 41.6. The predicted octanol–water partition coefficient (Wildman–Crippen LogP) is 2.15. The Morgan fingerprint density at radius 1 is 1.12 bits per heavy atom. The lowest BCUT2D eigenvalue weighted by atomic mass is 9.84. The monoisotopic (exact) mass is 463 g/mol. The molecule has 2 bridgehead atoms. The Morgan fingerprint density at radius 3 is 2.53 bits per heavy atom. The second kappa shape index (κ2) is 8.36. The molecular weight excluding hydrogens is 433 g/mol. The summed E-state index contributed by atoms with van der Waals surface area (Å²) in [5, 5.41) is 7.28. The normalized spacial score (nSPS) is 31.0. The maximum atomic E-state index is 15.2. The van der Waals surface area contributed by atoms with E-state index in [1.165, 1.54) is 6.26 Å². The van der Waals surface area contributed by atoms with Crippen molar-refractivity contribution in [2.24, 2.45) is 0 Å². The van der Waals surface area contributed by atoms with Gasteiger partial charge in [0.15, 0.2) is 11.6 Å². The topological polar surface area (TPSA) is 111 Å². The van der Waals surface area contributed by atoms with Gasteiger partial charge in [-0.1, -0.05) is 6.42 Å². The van der Waals surface area contributed by atoms with Gasteiger partial charge in [0.1, 0.15) is 11.3 Å². The number of aromatic nitrogens is 2. The molecule has 174 valence electrons. The lowest BCUT2D eigenvalue weighted by Crippen LogP contribution is -2.56. The van der Waals surface area contributed by atoms with E-state index in [-0.39, 0.29) is 41.7 Å². The predicted molar refractivity (Wildman–Crippen MR) is 122 cm³/mol. The molecule has 0 aliphatic carbocycles. The Hall–Kier alpha value is -2.08. The minimum Gasteiger partial charge on any atom is -0.367 e. The van der Waals surface area contributed by atoms with Gasteiger partial charge in [0, 0.05) is 35.8 Å². The molecule has 3 saturated heterocycles. The Balaban J connectivity index is 1.43. The molecule has 3 aliphatic heterocycles. The first-order valence-corrected chi connectivity index (χ1v) is 13.1. The minimum absolute atomic E-state index is 0.00677. The van der Waals surface area contributed by atoms with Crippen molar-refractivity contribution in [1.29, 1.82) is 0 Å². The number of hydrogen-bond acceptors (Lipinski definition) is 8. The van der Waals surface area contributed by atoms with Crippen molar-refractivity contribution in [3.8, 4) is 0 Å². The van der Waals surface area contributed by atoms with E-state index in [2.05, 4.69) is 31.5 Å². The van der Waals surface area contributed by atoms with Gasteiger partial charge in [-0.3, -0.25) is 10.4 Å². The molecule has 5 rings (SSSR count). The fourth-order valence-electron chi connectivity index (χ4n) is 5.48. The fraction of sp³-hybridized carbons (Fsp3) is 0.619. The van der Waals surface area contributed by atoms with Crippen LogP contribution in [-0.4, -0.2) is 59.3 Å². The van der Waals surface area contributed by atoms with E-state index in [1.54, 1.807) is 16.6 Å². The molecule has 0 radical (unpaired) electrons. The van der Waals surface area contributed by atoms with Crippen molar-refractivity contribution in [2.75, 3.05) is 16.9 Å². The number of nitrogens with zero attached hydrogens (tertiary/aromatic N) is 3. The van der Waals surface area contributed by atoms with E-state index in [4.69, 9.17) is 0 Å². The molecule has 0 saturated carbocycles. The molecule has 3 aliphatic rings. The molecule has 2 aromatic heterocycles. The maximum absolute atomic E-state index is 15.2. The standard InChI is InChI=1S/C21H30FN7O2S/c1-12-9-17(28-27-12)25-21-18(22)19-16(7-4-8-23-19)20(26-21)24-13-10-14-5-3-6-15(11-13)29(14)32(2,30)31/h4,7-8,12-15,17,27-28H,3,5-6,9-11H2,1-2H3,(H2,24,25,26)/t12?,13?,14-,15+,17?. The molecule has 4 N–H and O–H groups in total. The molecule has 5 atom stereocenters. The number of halogens is 1. The summed E-state index contributed by atoms with van der Waals surface area (Å²) in [7, 11) is -3.24. The van der Waals surface area contributed by atoms with E-state index in [1.807, 2.05) is 13.0 Å². The number of fused-ring (bicyclic) bond motifs is 3. The number of pyridine rings is 2. The van der Waals surface area contributed by atoms with Crippen LogP contribution in [0.2, 0.25) is 0 Å². The highest BCUT2D eigenvalue weighted by molar-refractivity contribution is 7.88. The van der Waals surface area contributed by atoms with Gasteiger partial charge in [0.25, 0.3) is 0 Å². The Morgan fingerprint density at radius 2 is 1.88 bits per heavy atom. The van der Waals surface area contributed by atoms with Gasteiger partial charge in [0.05, 0.1) is 12.4 Å². The molecule has 2 aromatic rings. The summed E-state index contributed by atoms with van der Waals surface area (Å²) in [4.78, 5) is 8.88. The van der Waals surface area contributed by atoms with Crippen LogP contribution in [-0.2, 0) is 10.0 Å². The van der Waals surface area contributed by atoms with Crippen molar-refractivity contribution < 1.29 is 12.8 Å². The van der Waals surface area contributed by atoms with Crippen LogP contribution in [0.4, 0.5) is 16.0 Å². The fourth-order valence-corrected chi connectivity index (χ4v) is 6.94. The van der Waals surface area contributed by atoms with Gasteiger partial charge in [0.2, 0.25) is 10.0 Å². The summed E-state index contributed by atoms with van der Waals surface area (Å²) in [6, 6.07) is 3.90. The van der Waals surface area contributed by atoms with Gasteiger partial charge in [-0.25, -0.2) is 23.2 Å². The molecule has 9 nitrogen and oxygen atoms in total. The zero-order chi connectivity index (χ0) is 22.5.